The number of esters is 3. The van der Waals surface area contributed by atoms with Crippen LogP contribution in [0.4, 0.5) is 22.7 Å². The first-order chi connectivity index (χ1) is 66.5. The molecular formula is C100H116Cl2N21O13S3W-. The van der Waals surface area contributed by atoms with E-state index in [1.165, 1.54) is 26.5 Å². The molecule has 140 heavy (non-hydrogen) atoms. The van der Waals surface area contributed by atoms with Crippen LogP contribution in [0.1, 0.15) is 102 Å². The Morgan fingerprint density at radius 1 is 0.421 bits per heavy atom. The number of nitrogens with zero attached hydrogens (tertiary/aromatic N) is 17. The van der Waals surface area contributed by atoms with Gasteiger partial charge in [0.25, 0.3) is 30.1 Å². The van der Waals surface area contributed by atoms with Gasteiger partial charge in [-0.3, -0.25) is 19.2 Å². The van der Waals surface area contributed by atoms with Gasteiger partial charge >= 0.3 is 17.9 Å². The fraction of sp³-hybridized carbons (Fsp3) is 0.340. The van der Waals surface area contributed by atoms with E-state index in [2.05, 4.69) is 81.4 Å². The molecule has 4 unspecified atom stereocenters. The fourth-order valence-electron chi connectivity index (χ4n) is 17.2. The number of rotatable bonds is 23. The summed E-state index contributed by atoms with van der Waals surface area (Å²) < 4.78 is 97.1. The van der Waals surface area contributed by atoms with E-state index in [1.807, 2.05) is 121 Å². The number of pyridine rings is 6. The van der Waals surface area contributed by atoms with Crippen LogP contribution >= 0.6 is 23.2 Å². The average molecular weight is 2170 g/mol. The second kappa shape index (κ2) is 48.6. The molecule has 0 spiro atoms. The van der Waals surface area contributed by atoms with Crippen molar-refractivity contribution in [3.8, 4) is 6.07 Å². The fourth-order valence-corrected chi connectivity index (χ4v) is 21.5. The molecule has 19 rings (SSSR count). The van der Waals surface area contributed by atoms with Crippen LogP contribution in [0.2, 0.25) is 10.0 Å². The smallest absolute Gasteiger partial charge is 0.310 e. The Balaban J connectivity index is 0.000000153. The number of piperidine rings is 4. The third-order valence-electron chi connectivity index (χ3n) is 24.6. The molecule has 12 aromatic heterocycles. The molecule has 4 saturated heterocycles. The molecular weight excluding hydrogens is 2050 g/mol. The number of nitriles is 1. The zero-order valence-corrected chi connectivity index (χ0v) is 86.6. The quantitative estimate of drug-likeness (QED) is 0.0262. The van der Waals surface area contributed by atoms with Crippen molar-refractivity contribution in [3.63, 3.8) is 0 Å². The summed E-state index contributed by atoms with van der Waals surface area (Å²) in [6.45, 7) is 18.4. The van der Waals surface area contributed by atoms with Crippen LogP contribution in [0.5, 0.6) is 0 Å². The second-order valence-electron chi connectivity index (χ2n) is 33.8. The molecule has 4 atom stereocenters. The van der Waals surface area contributed by atoms with Crippen LogP contribution in [-0.4, -0.2) is 219 Å². The van der Waals surface area contributed by atoms with E-state index < -0.39 is 30.1 Å². The SMILES string of the molecule is CCOC(=O)C1CCCN(N(C)c2ccnc3[nH]ccc23)C1.CCOC(=O)C1CCCN(N(C)c2ccnc3c2ccn3S(=O)(=O)c2ccc(C)cc2)C1.CCOC(=O)C1CCCN(Nc2ccnc3c2ccn3S(=O)(=O)c2ccc(C)cc2)C1.CN(c1ccnc2[nH]ccc12)N1CCCC(C(=O)CCC#N)C1.Cc1ccc(S(=O)(=O)n2ccc3c(Cl)ccnc32)cc1.Clc1ccnc2[nH]ccc12.[CH3-].[W]. The molecule has 0 radical (unpaired) electrons. The number of fused-ring (bicyclic) bond motifs is 6. The number of H-pyrrole nitrogens is 3. The third-order valence-corrected chi connectivity index (χ3v) is 30.3. The number of ketones is 1. The van der Waals surface area contributed by atoms with E-state index in [1.54, 1.807) is 153 Å². The summed E-state index contributed by atoms with van der Waals surface area (Å²) in [5, 5.41) is 29.8. The number of benzene rings is 3. The Hall–Kier alpha value is -12.5. The van der Waals surface area contributed by atoms with Gasteiger partial charge in [0, 0.05) is 220 Å². The maximum Gasteiger partial charge on any atom is 0.310 e. The summed E-state index contributed by atoms with van der Waals surface area (Å²) in [6.07, 6.45) is 28.0. The number of halogens is 2. The summed E-state index contributed by atoms with van der Waals surface area (Å²) in [6, 6.07) is 44.5. The molecule has 0 aliphatic carbocycles. The predicted molar refractivity (Wildman–Crippen MR) is 541 cm³/mol. The first-order valence-corrected chi connectivity index (χ1v) is 50.9. The first kappa shape index (κ1) is 106. The van der Waals surface area contributed by atoms with E-state index in [0.717, 1.165) is 171 Å². The number of nitrogens with one attached hydrogen (secondary N) is 4. The predicted octanol–water partition coefficient (Wildman–Crippen LogP) is 17.0. The number of hydrogen-bond donors (Lipinski definition) is 4. The minimum atomic E-state index is -3.77. The number of ether oxygens (including phenoxy) is 3. The zero-order chi connectivity index (χ0) is 98.0. The Morgan fingerprint density at radius 3 is 1.17 bits per heavy atom. The topological polar surface area (TPSA) is 396 Å². The molecule has 15 aromatic rings. The maximum absolute atomic E-state index is 13.2. The number of aryl methyl sites for hydroxylation is 3. The van der Waals surface area contributed by atoms with Crippen molar-refractivity contribution in [1.29, 1.82) is 5.26 Å². The van der Waals surface area contributed by atoms with E-state index >= 15 is 0 Å². The van der Waals surface area contributed by atoms with Crippen LogP contribution in [0.15, 0.2) is 235 Å². The molecule has 0 amide bonds. The number of aromatic amines is 3. The van der Waals surface area contributed by atoms with Crippen molar-refractivity contribution >= 4 is 166 Å². The first-order valence-electron chi connectivity index (χ1n) is 45.8. The van der Waals surface area contributed by atoms with Gasteiger partial charge in [0.15, 0.2) is 16.9 Å². The molecule has 738 valence electrons. The van der Waals surface area contributed by atoms with Crippen LogP contribution in [-0.2, 0) is 84.5 Å². The summed E-state index contributed by atoms with van der Waals surface area (Å²) in [5.74, 6) is -0.568. The molecule has 40 heteroatoms. The summed E-state index contributed by atoms with van der Waals surface area (Å²) in [4.78, 5) is 84.0. The van der Waals surface area contributed by atoms with Gasteiger partial charge in [-0.1, -0.05) is 76.3 Å². The number of carbonyl (C=O) groups is 4. The summed E-state index contributed by atoms with van der Waals surface area (Å²) >= 11 is 11.9. The van der Waals surface area contributed by atoms with E-state index in [-0.39, 0.29) is 90.5 Å². The average Bonchev–Trinajstić information content (AvgIpc) is 1.61. The van der Waals surface area contributed by atoms with Crippen molar-refractivity contribution in [3.05, 3.63) is 254 Å². The molecule has 16 heterocycles. The van der Waals surface area contributed by atoms with Crippen molar-refractivity contribution in [2.75, 3.05) is 114 Å². The normalized spacial score (nSPS) is 16.4. The summed E-state index contributed by atoms with van der Waals surface area (Å²) in [7, 11) is -5.20. The van der Waals surface area contributed by atoms with E-state index in [9.17, 15) is 44.4 Å². The number of hydrogen-bond acceptors (Lipinski definition) is 28. The molecule has 4 aliphatic heterocycles. The van der Waals surface area contributed by atoms with Crippen LogP contribution < -0.4 is 20.5 Å². The van der Waals surface area contributed by atoms with E-state index in [4.69, 9.17) is 42.7 Å². The monoisotopic (exact) mass is 2170 g/mol. The Labute approximate surface area is 839 Å². The van der Waals surface area contributed by atoms with Crippen molar-refractivity contribution in [1.82, 2.24) is 76.8 Å². The van der Waals surface area contributed by atoms with Gasteiger partial charge in [-0.2, -0.15) is 5.26 Å². The molecule has 4 fully saturated rings. The van der Waals surface area contributed by atoms with E-state index in [0.29, 0.717) is 85.0 Å². The number of anilines is 4. The number of carbonyl (C=O) groups excluding carboxylic acids is 4. The second-order valence-corrected chi connectivity index (χ2v) is 40.0. The Bertz CT molecular complexity index is 7180. The van der Waals surface area contributed by atoms with Gasteiger partial charge in [0.1, 0.15) is 22.7 Å². The Morgan fingerprint density at radius 2 is 0.750 bits per heavy atom. The largest absolute Gasteiger partial charge is 0.466 e. The van der Waals surface area contributed by atoms with Crippen molar-refractivity contribution < 1.29 is 79.7 Å². The minimum absolute atomic E-state index is 0. The van der Waals surface area contributed by atoms with Gasteiger partial charge < -0.3 is 57.0 Å². The molecule has 3 aromatic carbocycles. The maximum atomic E-state index is 13.2. The minimum Gasteiger partial charge on any atom is -0.466 e. The zero-order valence-electron chi connectivity index (χ0n) is 79.7. The van der Waals surface area contributed by atoms with Gasteiger partial charge in [-0.05, 0) is 202 Å². The van der Waals surface area contributed by atoms with Crippen LogP contribution in [0, 0.1) is 63.2 Å². The number of aromatic nitrogens is 12. The van der Waals surface area contributed by atoms with Gasteiger partial charge in [0.05, 0.1) is 91.1 Å². The standard InChI is InChI=1S/C23H28N4O4S.C22H26N4O4S.C17H21N5O.C16H22N4O2.C14H11ClN2O2S.C7H5ClN2.CH3.W/c1-4-31-23(28)18-6-5-14-26(16-18)25(3)21-11-13-24-22-20(21)12-15-27(22)32(29,30)19-9-7-17(2)8-10-19;1-3-30-22(27)17-5-4-13-25(15-17)24-20-10-12-23-21-19(20)11-14-26(21)31(28,29)18-8-6-16(2)7-9-18;1-21(15-7-10-20-17-14(15)6-9-19-17)22-11-3-4-13(12-22)16(23)5-2-8-18;1-3-22-16(21)12-5-4-10-20(11-12)19(2)14-7-9-18-15-13(14)6-8-17-15;1-10-2-4-11(5-3-10)20(18,19)17-9-7-12-13(15)6-8-16-14(12)17;8-6-2-4-10-7-5(6)1-3-9-7;;/h7-13,15,18H,4-6,14,16H2,1-3H3;6-12,14,17H,3-5,13,15H2,1-2H3,(H,23,24);6-7,9-10,13H,2-5,11-12H2,1H3,(H,19,20);6-9,12H,3-5,10-11H2,1-2H3,(H,17,18);2-9H,1H3;1-4H,(H,9,10);1H3;/q;;;;;;-1;. The third kappa shape index (κ3) is 24.9. The van der Waals surface area contributed by atoms with Gasteiger partial charge in [0.2, 0.25) is 0 Å². The molecule has 34 nitrogen and oxygen atoms in total. The molecule has 0 bridgehead atoms. The van der Waals surface area contributed by atoms with Gasteiger partial charge in [-0.25, -0.2) is 87.1 Å². The number of hydrazine groups is 4. The Kier molecular flexibility index (Phi) is 36.9. The molecule has 4 N–H and O–H groups in total. The van der Waals surface area contributed by atoms with Crippen LogP contribution in [0.25, 0.3) is 66.2 Å². The summed E-state index contributed by atoms with van der Waals surface area (Å²) in [5.41, 5.74) is 13.7. The van der Waals surface area contributed by atoms with Gasteiger partial charge in [-0.15, -0.1) is 0 Å². The van der Waals surface area contributed by atoms with Crippen LogP contribution in [0.3, 0.4) is 0 Å². The van der Waals surface area contributed by atoms with Crippen molar-refractivity contribution in [2.24, 2.45) is 23.7 Å². The number of Topliss-reactive ketones (excluding diaryl/α,β-unsaturated/α-hetero) is 1. The van der Waals surface area contributed by atoms with Crippen molar-refractivity contribution in [2.45, 2.75) is 120 Å². The molecule has 0 saturated carbocycles. The molecule has 4 aliphatic rings.